The maximum absolute atomic E-state index is 12.1. The Kier molecular flexibility index (Phi) is 4.53. The third-order valence-corrected chi connectivity index (χ3v) is 4.36. The Hall–Kier alpha value is -2.15. The number of hydrogen-bond acceptors (Lipinski definition) is 6. The van der Waals surface area contributed by atoms with Gasteiger partial charge in [0.05, 0.1) is 11.5 Å². The van der Waals surface area contributed by atoms with E-state index >= 15 is 0 Å². The van der Waals surface area contributed by atoms with Gasteiger partial charge in [0.25, 0.3) is 11.8 Å². The van der Waals surface area contributed by atoms with Crippen LogP contribution in [0.1, 0.15) is 23.0 Å². The first-order valence-electron chi connectivity index (χ1n) is 7.31. The molecule has 1 fully saturated rings. The molecule has 0 spiro atoms. The Bertz CT molecular complexity index is 632. The maximum atomic E-state index is 12.1. The molecule has 1 aliphatic heterocycles. The summed E-state index contributed by atoms with van der Waals surface area (Å²) < 4.78 is 5.52. The predicted octanol–water partition coefficient (Wildman–Crippen LogP) is 1.95. The van der Waals surface area contributed by atoms with E-state index in [1.54, 1.807) is 12.4 Å². The van der Waals surface area contributed by atoms with Crippen LogP contribution in [-0.4, -0.2) is 41.6 Å². The molecule has 0 radical (unpaired) electrons. The Morgan fingerprint density at radius 1 is 1.50 bits per heavy atom. The summed E-state index contributed by atoms with van der Waals surface area (Å²) in [5.74, 6) is 1.29. The van der Waals surface area contributed by atoms with E-state index < -0.39 is 0 Å². The van der Waals surface area contributed by atoms with E-state index in [9.17, 15) is 4.79 Å². The molecule has 22 heavy (non-hydrogen) atoms. The molecule has 116 valence electrons. The average Bonchev–Trinajstić information content (AvgIpc) is 3.19. The van der Waals surface area contributed by atoms with Crippen LogP contribution in [0.2, 0.25) is 0 Å². The van der Waals surface area contributed by atoms with Crippen LogP contribution in [0.3, 0.4) is 0 Å². The minimum Gasteiger partial charge on any atom is -0.475 e. The monoisotopic (exact) mass is 318 g/mol. The summed E-state index contributed by atoms with van der Waals surface area (Å²) in [6.07, 6.45) is 4.18. The topological polar surface area (TPSA) is 67.4 Å². The molecular weight excluding hydrogens is 300 g/mol. The fourth-order valence-corrected chi connectivity index (χ4v) is 3.13. The fraction of sp³-hybridized carbons (Fsp3) is 0.400. The Balaban J connectivity index is 1.64. The summed E-state index contributed by atoms with van der Waals surface area (Å²) in [4.78, 5) is 23.6. The van der Waals surface area contributed by atoms with E-state index in [-0.39, 0.29) is 11.9 Å². The quantitative estimate of drug-likeness (QED) is 0.912. The van der Waals surface area contributed by atoms with Crippen LogP contribution in [0.25, 0.3) is 0 Å². The number of thiophene rings is 1. The summed E-state index contributed by atoms with van der Waals surface area (Å²) in [6.45, 7) is 4.02. The van der Waals surface area contributed by atoms with Crippen LogP contribution < -0.4 is 15.0 Å². The van der Waals surface area contributed by atoms with Gasteiger partial charge in [-0.1, -0.05) is 6.07 Å². The molecule has 0 saturated carbocycles. The number of anilines is 1. The fourth-order valence-electron chi connectivity index (χ4n) is 2.51. The highest BCUT2D eigenvalue weighted by Gasteiger charge is 2.27. The van der Waals surface area contributed by atoms with Crippen molar-refractivity contribution in [3.8, 4) is 5.88 Å². The third kappa shape index (κ3) is 3.19. The van der Waals surface area contributed by atoms with Gasteiger partial charge in [0, 0.05) is 31.5 Å². The minimum atomic E-state index is -0.00831. The molecular formula is C15H18N4O2S. The summed E-state index contributed by atoms with van der Waals surface area (Å²) >= 11 is 1.45. The normalized spacial score (nSPS) is 17.5. The largest absolute Gasteiger partial charge is 0.475 e. The van der Waals surface area contributed by atoms with Crippen molar-refractivity contribution in [2.45, 2.75) is 19.4 Å². The maximum Gasteiger partial charge on any atom is 0.261 e. The summed E-state index contributed by atoms with van der Waals surface area (Å²) in [5.41, 5.74) is 0. The van der Waals surface area contributed by atoms with Crippen molar-refractivity contribution in [1.82, 2.24) is 15.3 Å². The van der Waals surface area contributed by atoms with Crippen molar-refractivity contribution in [3.63, 3.8) is 0 Å². The molecule has 3 heterocycles. The van der Waals surface area contributed by atoms with Gasteiger partial charge >= 0.3 is 0 Å². The van der Waals surface area contributed by atoms with Crippen LogP contribution in [0, 0.1) is 0 Å². The molecule has 0 unspecified atom stereocenters. The van der Waals surface area contributed by atoms with Crippen molar-refractivity contribution < 1.29 is 9.53 Å². The van der Waals surface area contributed by atoms with Crippen molar-refractivity contribution in [2.75, 3.05) is 24.6 Å². The Labute approximate surface area is 133 Å². The van der Waals surface area contributed by atoms with Crippen LogP contribution in [-0.2, 0) is 0 Å². The minimum absolute atomic E-state index is 0.00831. The molecule has 1 amide bonds. The number of nitrogens with one attached hydrogen (secondary N) is 1. The number of carbonyl (C=O) groups is 1. The average molecular weight is 318 g/mol. The molecule has 6 nitrogen and oxygen atoms in total. The van der Waals surface area contributed by atoms with E-state index in [1.165, 1.54) is 11.3 Å². The second-order valence-corrected chi connectivity index (χ2v) is 5.95. The molecule has 1 aliphatic rings. The van der Waals surface area contributed by atoms with Gasteiger partial charge in [0.15, 0.2) is 5.82 Å². The van der Waals surface area contributed by atoms with E-state index in [4.69, 9.17) is 4.74 Å². The number of carbonyl (C=O) groups excluding carboxylic acids is 1. The first-order chi connectivity index (χ1) is 10.8. The van der Waals surface area contributed by atoms with Gasteiger partial charge in [0.1, 0.15) is 0 Å². The number of nitrogens with zero attached hydrogens (tertiary/aromatic N) is 3. The Morgan fingerprint density at radius 2 is 2.36 bits per heavy atom. The summed E-state index contributed by atoms with van der Waals surface area (Å²) in [5, 5.41) is 4.98. The second-order valence-electron chi connectivity index (χ2n) is 5.00. The zero-order chi connectivity index (χ0) is 15.4. The van der Waals surface area contributed by atoms with Crippen molar-refractivity contribution >= 4 is 23.1 Å². The predicted molar refractivity (Wildman–Crippen MR) is 85.6 cm³/mol. The van der Waals surface area contributed by atoms with E-state index in [1.807, 2.05) is 24.4 Å². The second kappa shape index (κ2) is 6.74. The number of aromatic nitrogens is 2. The van der Waals surface area contributed by atoms with Crippen LogP contribution >= 0.6 is 11.3 Å². The standard InChI is InChI=1S/C15H18N4O2S/c1-2-21-15-13(16-6-7-17-15)19-8-5-11(10-19)18-14(20)12-4-3-9-22-12/h3-4,6-7,9,11H,2,5,8,10H2,1H3,(H,18,20)/t11-/m1/s1. The smallest absolute Gasteiger partial charge is 0.261 e. The zero-order valence-corrected chi connectivity index (χ0v) is 13.2. The van der Waals surface area contributed by atoms with E-state index in [0.29, 0.717) is 12.5 Å². The van der Waals surface area contributed by atoms with Gasteiger partial charge < -0.3 is 15.0 Å². The van der Waals surface area contributed by atoms with Gasteiger partial charge in [0.2, 0.25) is 0 Å². The summed E-state index contributed by atoms with van der Waals surface area (Å²) in [6, 6.07) is 3.84. The van der Waals surface area contributed by atoms with Crippen LogP contribution in [0.15, 0.2) is 29.9 Å². The highest BCUT2D eigenvalue weighted by Crippen LogP contribution is 2.26. The molecule has 7 heteroatoms. The lowest BCUT2D eigenvalue weighted by Gasteiger charge is -2.19. The lowest BCUT2D eigenvalue weighted by Crippen LogP contribution is -2.37. The van der Waals surface area contributed by atoms with E-state index in [2.05, 4.69) is 20.2 Å². The molecule has 0 aromatic carbocycles. The van der Waals surface area contributed by atoms with E-state index in [0.717, 1.165) is 30.2 Å². The van der Waals surface area contributed by atoms with Gasteiger partial charge in [-0.05, 0) is 24.8 Å². The van der Waals surface area contributed by atoms with Gasteiger partial charge in [-0.3, -0.25) is 4.79 Å². The van der Waals surface area contributed by atoms with Gasteiger partial charge in [-0.2, -0.15) is 0 Å². The highest BCUT2D eigenvalue weighted by atomic mass is 32.1. The van der Waals surface area contributed by atoms with Crippen molar-refractivity contribution in [3.05, 3.63) is 34.8 Å². The molecule has 3 rings (SSSR count). The molecule has 1 atom stereocenters. The third-order valence-electron chi connectivity index (χ3n) is 3.50. The first-order valence-corrected chi connectivity index (χ1v) is 8.19. The number of amides is 1. The lowest BCUT2D eigenvalue weighted by atomic mass is 10.2. The van der Waals surface area contributed by atoms with Crippen LogP contribution in [0.5, 0.6) is 5.88 Å². The lowest BCUT2D eigenvalue weighted by molar-refractivity contribution is 0.0944. The molecule has 1 saturated heterocycles. The number of ether oxygens (including phenoxy) is 1. The molecule has 2 aromatic rings. The highest BCUT2D eigenvalue weighted by molar-refractivity contribution is 7.12. The number of rotatable bonds is 5. The first kappa shape index (κ1) is 14.8. The van der Waals surface area contributed by atoms with Crippen molar-refractivity contribution in [1.29, 1.82) is 0 Å². The summed E-state index contributed by atoms with van der Waals surface area (Å²) in [7, 11) is 0. The number of hydrogen-bond donors (Lipinski definition) is 1. The van der Waals surface area contributed by atoms with Crippen molar-refractivity contribution in [2.24, 2.45) is 0 Å². The van der Waals surface area contributed by atoms with Gasteiger partial charge in [-0.25, -0.2) is 9.97 Å². The SMILES string of the molecule is CCOc1nccnc1N1CC[C@@H](NC(=O)c2cccs2)C1. The van der Waals surface area contributed by atoms with Gasteiger partial charge in [-0.15, -0.1) is 11.3 Å². The zero-order valence-electron chi connectivity index (χ0n) is 12.4. The molecule has 0 aliphatic carbocycles. The molecule has 0 bridgehead atoms. The molecule has 2 aromatic heterocycles. The van der Waals surface area contributed by atoms with Crippen LogP contribution in [0.4, 0.5) is 5.82 Å². The Morgan fingerprint density at radius 3 is 3.14 bits per heavy atom. The molecule has 1 N–H and O–H groups in total.